The molecule has 12 bridgehead atoms. The molecule has 12 aliphatic carbocycles. The quantitative estimate of drug-likeness (QED) is 0.292. The molecule has 6 heteroatoms. The highest BCUT2D eigenvalue weighted by Crippen LogP contribution is 2.63. The van der Waals surface area contributed by atoms with E-state index in [4.69, 9.17) is 0 Å². The fraction of sp³-hybridized carbons (Fsp3) is 0.786. The average molecular weight is 652 g/mol. The van der Waals surface area contributed by atoms with Crippen molar-refractivity contribution in [2.45, 2.75) is 153 Å². The van der Waals surface area contributed by atoms with Gasteiger partial charge in [-0.3, -0.25) is 14.4 Å². The van der Waals surface area contributed by atoms with Crippen molar-refractivity contribution in [3.8, 4) is 0 Å². The van der Waals surface area contributed by atoms with Gasteiger partial charge in [-0.2, -0.15) is 0 Å². The molecule has 0 heterocycles. The zero-order chi connectivity index (χ0) is 32.9. The summed E-state index contributed by atoms with van der Waals surface area (Å²) in [7, 11) is 0. The van der Waals surface area contributed by atoms with E-state index >= 15 is 0 Å². The second-order valence-corrected chi connectivity index (χ2v) is 21.3. The first-order valence-corrected chi connectivity index (χ1v) is 19.8. The number of rotatable bonds is 6. The van der Waals surface area contributed by atoms with E-state index in [2.05, 4.69) is 36.7 Å². The van der Waals surface area contributed by atoms with Crippen LogP contribution in [0.4, 0.5) is 0 Å². The number of benzene rings is 1. The lowest BCUT2D eigenvalue weighted by Gasteiger charge is -2.61. The fourth-order valence-corrected chi connectivity index (χ4v) is 16.6. The Hall–Kier alpha value is -2.37. The monoisotopic (exact) mass is 651 g/mol. The van der Waals surface area contributed by atoms with Gasteiger partial charge in [0.2, 0.25) is 0 Å². The maximum Gasteiger partial charge on any atom is 0.251 e. The van der Waals surface area contributed by atoms with E-state index in [1.807, 2.05) is 0 Å². The van der Waals surface area contributed by atoms with Crippen LogP contribution in [0.1, 0.15) is 167 Å². The first-order valence-electron chi connectivity index (χ1n) is 19.8. The first kappa shape index (κ1) is 30.5. The predicted molar refractivity (Wildman–Crippen MR) is 185 cm³/mol. The molecular formula is C42H57N3O3. The van der Waals surface area contributed by atoms with Crippen molar-refractivity contribution in [3.63, 3.8) is 0 Å². The van der Waals surface area contributed by atoms with Gasteiger partial charge in [0, 0.05) is 33.3 Å². The summed E-state index contributed by atoms with van der Waals surface area (Å²) in [4.78, 5) is 42.9. The Bertz CT molecular complexity index is 1370. The van der Waals surface area contributed by atoms with Crippen LogP contribution in [0, 0.1) is 51.8 Å². The van der Waals surface area contributed by atoms with Gasteiger partial charge in [0.25, 0.3) is 17.7 Å². The van der Waals surface area contributed by atoms with Crippen LogP contribution in [0.5, 0.6) is 0 Å². The van der Waals surface area contributed by atoms with Crippen molar-refractivity contribution in [1.82, 2.24) is 16.0 Å². The number of hydrogen-bond donors (Lipinski definition) is 3. The van der Waals surface area contributed by atoms with Crippen LogP contribution in [0.3, 0.4) is 0 Å². The molecule has 3 amide bonds. The molecule has 12 aliphatic rings. The molecule has 12 fully saturated rings. The predicted octanol–water partition coefficient (Wildman–Crippen LogP) is 7.95. The summed E-state index contributed by atoms with van der Waals surface area (Å²) in [5.41, 5.74) is 1.82. The molecule has 258 valence electrons. The van der Waals surface area contributed by atoms with Crippen molar-refractivity contribution < 1.29 is 14.4 Å². The van der Waals surface area contributed by atoms with Crippen LogP contribution in [0.2, 0.25) is 0 Å². The summed E-state index contributed by atoms with van der Waals surface area (Å²) in [6.07, 6.45) is 21.1. The SMILES string of the molecule is CC12CC3CC(C1)CC(NC(=O)c1cc(C(=O)NC45CC6CC(CC(C)(C6)C4)C5)cc(C(=O)NC45CC6CC(CC(C)(C6)C4)C5)c1)(C3)C2. The van der Waals surface area contributed by atoms with Crippen LogP contribution in [0.15, 0.2) is 18.2 Å². The number of carbonyl (C=O) groups excluding carboxylic acids is 3. The highest BCUT2D eigenvalue weighted by molar-refractivity contribution is 6.05. The third-order valence-corrected chi connectivity index (χ3v) is 15.9. The van der Waals surface area contributed by atoms with Gasteiger partial charge in [0.05, 0.1) is 0 Å². The highest BCUT2D eigenvalue weighted by Gasteiger charge is 2.59. The molecular weight excluding hydrogens is 594 g/mol. The van der Waals surface area contributed by atoms with Gasteiger partial charge >= 0.3 is 0 Å². The number of carbonyl (C=O) groups is 3. The van der Waals surface area contributed by atoms with Crippen molar-refractivity contribution in [1.29, 1.82) is 0 Å². The van der Waals surface area contributed by atoms with Crippen LogP contribution in [-0.4, -0.2) is 34.3 Å². The van der Waals surface area contributed by atoms with E-state index in [9.17, 15) is 14.4 Å². The molecule has 12 saturated carbocycles. The lowest BCUT2D eigenvalue weighted by Crippen LogP contribution is -2.63. The Kier molecular flexibility index (Phi) is 6.15. The third-order valence-electron chi connectivity index (χ3n) is 15.9. The summed E-state index contributed by atoms with van der Waals surface area (Å²) in [5, 5.41) is 10.7. The number of hydrogen-bond acceptors (Lipinski definition) is 3. The molecule has 6 nitrogen and oxygen atoms in total. The Morgan fingerprint density at radius 1 is 0.438 bits per heavy atom. The summed E-state index contributed by atoms with van der Waals surface area (Å²) >= 11 is 0. The summed E-state index contributed by atoms with van der Waals surface area (Å²) in [5.74, 6) is 3.81. The maximum atomic E-state index is 14.3. The standard InChI is InChI=1S/C42H57N3O3/c1-37-10-25-4-26(11-37)17-40(16-25,22-37)43-34(46)31-7-32(35(47)44-41-18-27-5-28(19-41)13-38(2,12-27)23-41)9-33(8-31)36(48)45-42-20-29-6-30(21-42)15-39(3,14-29)24-42/h7-9,25-30H,4-6,10-24H2,1-3H3,(H,43,46)(H,44,47)(H,45,48). The van der Waals surface area contributed by atoms with Gasteiger partial charge in [-0.15, -0.1) is 0 Å². The Balaban J connectivity index is 0.960. The number of amides is 3. The maximum absolute atomic E-state index is 14.3. The van der Waals surface area contributed by atoms with Gasteiger partial charge in [0.1, 0.15) is 0 Å². The minimum Gasteiger partial charge on any atom is -0.347 e. The average Bonchev–Trinajstić information content (AvgIpc) is 2.92. The molecule has 6 unspecified atom stereocenters. The minimum atomic E-state index is -0.167. The van der Waals surface area contributed by atoms with Crippen LogP contribution >= 0.6 is 0 Å². The van der Waals surface area contributed by atoms with E-state index < -0.39 is 0 Å². The van der Waals surface area contributed by atoms with Gasteiger partial charge in [-0.05, 0) is 186 Å². The summed E-state index contributed by atoms with van der Waals surface area (Å²) in [6, 6.07) is 5.37. The Labute approximate surface area is 287 Å². The molecule has 48 heavy (non-hydrogen) atoms. The Morgan fingerprint density at radius 3 is 0.875 bits per heavy atom. The van der Waals surface area contributed by atoms with Gasteiger partial charge < -0.3 is 16.0 Å². The highest BCUT2D eigenvalue weighted by atomic mass is 16.2. The topological polar surface area (TPSA) is 87.3 Å². The van der Waals surface area contributed by atoms with E-state index in [1.54, 1.807) is 18.2 Å². The smallest absolute Gasteiger partial charge is 0.251 e. The molecule has 0 aromatic heterocycles. The minimum absolute atomic E-state index is 0.117. The second-order valence-electron chi connectivity index (χ2n) is 21.3. The summed E-state index contributed by atoms with van der Waals surface area (Å²) in [6.45, 7) is 7.28. The van der Waals surface area contributed by atoms with Crippen LogP contribution in [-0.2, 0) is 0 Å². The molecule has 0 aliphatic heterocycles. The lowest BCUT2D eigenvalue weighted by atomic mass is 9.47. The van der Waals surface area contributed by atoms with Gasteiger partial charge in [0.15, 0.2) is 0 Å². The molecule has 0 saturated heterocycles. The third kappa shape index (κ3) is 4.94. The van der Waals surface area contributed by atoms with Gasteiger partial charge in [-0.1, -0.05) is 20.8 Å². The van der Waals surface area contributed by atoms with E-state index in [0.29, 0.717) is 68.4 Å². The molecule has 1 aromatic rings. The molecule has 3 N–H and O–H groups in total. The molecule has 0 radical (unpaired) electrons. The van der Waals surface area contributed by atoms with Crippen molar-refractivity contribution in [2.75, 3.05) is 0 Å². The second kappa shape index (κ2) is 9.69. The first-order chi connectivity index (χ1) is 22.7. The van der Waals surface area contributed by atoms with Crippen LogP contribution in [0.25, 0.3) is 0 Å². The molecule has 6 atom stereocenters. The fourth-order valence-electron chi connectivity index (χ4n) is 16.6. The largest absolute Gasteiger partial charge is 0.347 e. The molecule has 0 spiro atoms. The van der Waals surface area contributed by atoms with E-state index in [0.717, 1.165) is 57.8 Å². The molecule has 13 rings (SSSR count). The van der Waals surface area contributed by atoms with Gasteiger partial charge in [-0.25, -0.2) is 0 Å². The van der Waals surface area contributed by atoms with E-state index in [1.165, 1.54) is 57.8 Å². The van der Waals surface area contributed by atoms with Crippen molar-refractivity contribution >= 4 is 17.7 Å². The van der Waals surface area contributed by atoms with E-state index in [-0.39, 0.29) is 34.3 Å². The summed E-state index contributed by atoms with van der Waals surface area (Å²) < 4.78 is 0. The zero-order valence-corrected chi connectivity index (χ0v) is 29.6. The Morgan fingerprint density at radius 2 is 0.667 bits per heavy atom. The van der Waals surface area contributed by atoms with Crippen LogP contribution < -0.4 is 16.0 Å². The van der Waals surface area contributed by atoms with Crippen molar-refractivity contribution in [3.05, 3.63) is 34.9 Å². The van der Waals surface area contributed by atoms with Crippen molar-refractivity contribution in [2.24, 2.45) is 51.8 Å². The normalized spacial score (nSPS) is 50.1. The zero-order valence-electron chi connectivity index (χ0n) is 29.6. The lowest BCUT2D eigenvalue weighted by molar-refractivity contribution is -0.0684. The number of nitrogens with one attached hydrogen (secondary N) is 3. The molecule has 1 aromatic carbocycles.